The van der Waals surface area contributed by atoms with Crippen LogP contribution in [0.3, 0.4) is 0 Å². The SMILES string of the molecule is CCCCNC(=O)[C@@H](Cc1ccccc1)N(Cc1cccc(Br)c1)C(=O)CN(c1cc(OC)ccc1OC)S(=O)(=O)c1ccc(C)cc1. The van der Waals surface area contributed by atoms with Gasteiger partial charge in [0.1, 0.15) is 24.1 Å². The van der Waals surface area contributed by atoms with E-state index in [1.54, 1.807) is 24.3 Å². The van der Waals surface area contributed by atoms with Gasteiger partial charge in [0.25, 0.3) is 10.0 Å². The predicted molar refractivity (Wildman–Crippen MR) is 192 cm³/mol. The first-order valence-electron chi connectivity index (χ1n) is 15.7. The van der Waals surface area contributed by atoms with Crippen LogP contribution in [0.2, 0.25) is 0 Å². The van der Waals surface area contributed by atoms with E-state index in [2.05, 4.69) is 21.2 Å². The van der Waals surface area contributed by atoms with Crippen LogP contribution in [-0.4, -0.2) is 58.5 Å². The van der Waals surface area contributed by atoms with Gasteiger partial charge in [-0.1, -0.05) is 89.4 Å². The number of ether oxygens (including phenoxy) is 2. The Morgan fingerprint density at radius 2 is 1.58 bits per heavy atom. The van der Waals surface area contributed by atoms with Crippen LogP contribution in [0.4, 0.5) is 5.69 Å². The minimum absolute atomic E-state index is 0.00228. The Morgan fingerprint density at radius 3 is 2.23 bits per heavy atom. The summed E-state index contributed by atoms with van der Waals surface area (Å²) in [4.78, 5) is 30.1. The second kappa shape index (κ2) is 17.2. The lowest BCUT2D eigenvalue weighted by Gasteiger charge is -2.34. The number of methoxy groups -OCH3 is 2. The van der Waals surface area contributed by atoms with Crippen LogP contribution in [0.1, 0.15) is 36.5 Å². The highest BCUT2D eigenvalue weighted by Crippen LogP contribution is 2.36. The fourth-order valence-electron chi connectivity index (χ4n) is 5.23. The molecule has 4 aromatic carbocycles. The number of amides is 2. The molecule has 0 unspecified atom stereocenters. The lowest BCUT2D eigenvalue weighted by Crippen LogP contribution is -2.53. The first-order valence-corrected chi connectivity index (χ1v) is 18.0. The largest absolute Gasteiger partial charge is 0.497 e. The summed E-state index contributed by atoms with van der Waals surface area (Å²) in [5.74, 6) is -0.272. The highest BCUT2D eigenvalue weighted by Gasteiger charge is 2.35. The number of hydrogen-bond acceptors (Lipinski definition) is 6. The minimum Gasteiger partial charge on any atom is -0.497 e. The maximum absolute atomic E-state index is 14.7. The molecule has 11 heteroatoms. The molecular formula is C37H42BrN3O6S. The van der Waals surface area contributed by atoms with Gasteiger partial charge in [0, 0.05) is 30.0 Å². The second-order valence-electron chi connectivity index (χ2n) is 11.4. The third kappa shape index (κ3) is 9.38. The number of anilines is 1. The van der Waals surface area contributed by atoms with Crippen molar-refractivity contribution in [2.24, 2.45) is 0 Å². The number of nitrogens with one attached hydrogen (secondary N) is 1. The normalized spacial score (nSPS) is 11.8. The average molecular weight is 737 g/mol. The van der Waals surface area contributed by atoms with Crippen molar-refractivity contribution in [3.8, 4) is 11.5 Å². The van der Waals surface area contributed by atoms with Crippen LogP contribution in [0, 0.1) is 6.92 Å². The molecule has 0 aliphatic rings. The maximum atomic E-state index is 14.7. The standard InChI is InChI=1S/C37H42BrN3O6S/c1-5-6-21-39-37(43)34(23-28-11-8-7-9-12-28)40(25-29-13-10-14-30(38)22-29)36(42)26-41(33-24-31(46-3)17-20-35(33)47-4)48(44,45)32-18-15-27(2)16-19-32/h7-20,22,24,34H,5-6,21,23,25-26H2,1-4H3,(H,39,43)/t34-/m1/s1. The van der Waals surface area contributed by atoms with E-state index in [0.29, 0.717) is 12.3 Å². The highest BCUT2D eigenvalue weighted by molar-refractivity contribution is 9.10. The second-order valence-corrected chi connectivity index (χ2v) is 14.1. The van der Waals surface area contributed by atoms with E-state index in [4.69, 9.17) is 9.47 Å². The van der Waals surface area contributed by atoms with Crippen LogP contribution in [-0.2, 0) is 32.6 Å². The molecule has 2 amide bonds. The first-order chi connectivity index (χ1) is 23.1. The number of benzene rings is 4. The number of aryl methyl sites for hydroxylation is 1. The van der Waals surface area contributed by atoms with Gasteiger partial charge in [-0.25, -0.2) is 8.42 Å². The molecule has 0 saturated heterocycles. The predicted octanol–water partition coefficient (Wildman–Crippen LogP) is 6.53. The molecular weight excluding hydrogens is 694 g/mol. The Balaban J connectivity index is 1.85. The van der Waals surface area contributed by atoms with Crippen molar-refractivity contribution >= 4 is 43.5 Å². The van der Waals surface area contributed by atoms with Crippen LogP contribution >= 0.6 is 15.9 Å². The molecule has 0 saturated carbocycles. The Labute approximate surface area is 292 Å². The number of rotatable bonds is 16. The van der Waals surface area contributed by atoms with E-state index in [9.17, 15) is 18.0 Å². The van der Waals surface area contributed by atoms with E-state index in [1.807, 2.05) is 68.4 Å². The monoisotopic (exact) mass is 735 g/mol. The van der Waals surface area contributed by atoms with Gasteiger partial charge in [0.05, 0.1) is 24.8 Å². The lowest BCUT2D eigenvalue weighted by molar-refractivity contribution is -0.140. The Hall–Kier alpha value is -4.35. The summed E-state index contributed by atoms with van der Waals surface area (Å²) < 4.78 is 41.7. The van der Waals surface area contributed by atoms with Gasteiger partial charge >= 0.3 is 0 Å². The highest BCUT2D eigenvalue weighted by atomic mass is 79.9. The molecule has 0 fully saturated rings. The van der Waals surface area contributed by atoms with E-state index in [1.165, 1.54) is 37.3 Å². The summed E-state index contributed by atoms with van der Waals surface area (Å²) in [5, 5.41) is 3.01. The molecule has 1 N–H and O–H groups in total. The van der Waals surface area contributed by atoms with Crippen molar-refractivity contribution in [2.45, 2.75) is 50.6 Å². The van der Waals surface area contributed by atoms with Crippen LogP contribution < -0.4 is 19.1 Å². The van der Waals surface area contributed by atoms with Gasteiger partial charge in [-0.15, -0.1) is 0 Å². The number of halogens is 1. The smallest absolute Gasteiger partial charge is 0.264 e. The zero-order valence-electron chi connectivity index (χ0n) is 27.7. The third-order valence-corrected chi connectivity index (χ3v) is 10.2. The van der Waals surface area contributed by atoms with Crippen molar-refractivity contribution < 1.29 is 27.5 Å². The van der Waals surface area contributed by atoms with Crippen molar-refractivity contribution in [2.75, 3.05) is 31.6 Å². The molecule has 4 rings (SSSR count). The number of carbonyl (C=O) groups is 2. The molecule has 0 aliphatic heterocycles. The Morgan fingerprint density at radius 1 is 0.875 bits per heavy atom. The molecule has 9 nitrogen and oxygen atoms in total. The molecule has 0 aliphatic carbocycles. The summed E-state index contributed by atoms with van der Waals surface area (Å²) in [7, 11) is -1.41. The van der Waals surface area contributed by atoms with Crippen LogP contribution in [0.5, 0.6) is 11.5 Å². The van der Waals surface area contributed by atoms with Crippen LogP contribution in [0.15, 0.2) is 106 Å². The quantitative estimate of drug-likeness (QED) is 0.131. The van der Waals surface area contributed by atoms with Gasteiger partial charge < -0.3 is 19.7 Å². The maximum Gasteiger partial charge on any atom is 0.264 e. The summed E-state index contributed by atoms with van der Waals surface area (Å²) in [5.41, 5.74) is 2.64. The molecule has 0 bridgehead atoms. The molecule has 0 spiro atoms. The van der Waals surface area contributed by atoms with E-state index >= 15 is 0 Å². The Bertz CT molecular complexity index is 1780. The fourth-order valence-corrected chi connectivity index (χ4v) is 7.10. The summed E-state index contributed by atoms with van der Waals surface area (Å²) in [6, 6.07) is 27.2. The number of nitrogens with zero attached hydrogens (tertiary/aromatic N) is 2. The van der Waals surface area contributed by atoms with Gasteiger partial charge in [0.2, 0.25) is 11.8 Å². The molecule has 48 heavy (non-hydrogen) atoms. The van der Waals surface area contributed by atoms with E-state index in [-0.39, 0.29) is 35.2 Å². The zero-order valence-corrected chi connectivity index (χ0v) is 30.1. The number of sulfonamides is 1. The van der Waals surface area contributed by atoms with E-state index in [0.717, 1.165) is 38.3 Å². The van der Waals surface area contributed by atoms with Crippen molar-refractivity contribution in [3.63, 3.8) is 0 Å². The Kier molecular flexibility index (Phi) is 13.0. The summed E-state index contributed by atoms with van der Waals surface area (Å²) in [6.45, 7) is 3.80. The number of carbonyl (C=O) groups excluding carboxylic acids is 2. The molecule has 254 valence electrons. The lowest BCUT2D eigenvalue weighted by atomic mass is 10.0. The summed E-state index contributed by atoms with van der Waals surface area (Å²) >= 11 is 3.51. The topological polar surface area (TPSA) is 105 Å². The van der Waals surface area contributed by atoms with E-state index < -0.39 is 28.5 Å². The zero-order chi connectivity index (χ0) is 34.7. The number of hydrogen-bond donors (Lipinski definition) is 1. The van der Waals surface area contributed by atoms with Crippen molar-refractivity contribution in [1.82, 2.24) is 10.2 Å². The van der Waals surface area contributed by atoms with Gasteiger partial charge in [-0.2, -0.15) is 0 Å². The third-order valence-electron chi connectivity index (χ3n) is 7.89. The first kappa shape index (κ1) is 36.5. The minimum atomic E-state index is -4.32. The van der Waals surface area contributed by atoms with Crippen LogP contribution in [0.25, 0.3) is 0 Å². The average Bonchev–Trinajstić information content (AvgIpc) is 3.09. The van der Waals surface area contributed by atoms with Gasteiger partial charge in [0.15, 0.2) is 0 Å². The van der Waals surface area contributed by atoms with Crippen molar-refractivity contribution in [3.05, 3.63) is 118 Å². The fraction of sp³-hybridized carbons (Fsp3) is 0.297. The number of unbranched alkanes of at least 4 members (excludes halogenated alkanes) is 1. The van der Waals surface area contributed by atoms with Gasteiger partial charge in [-0.05, 0) is 60.9 Å². The molecule has 4 aromatic rings. The molecule has 0 heterocycles. The van der Waals surface area contributed by atoms with Gasteiger partial charge in [-0.3, -0.25) is 13.9 Å². The molecule has 0 radical (unpaired) electrons. The summed E-state index contributed by atoms with van der Waals surface area (Å²) in [6.07, 6.45) is 1.89. The van der Waals surface area contributed by atoms with Crippen molar-refractivity contribution in [1.29, 1.82) is 0 Å². The molecule has 0 aromatic heterocycles. The molecule has 1 atom stereocenters.